The molecule has 10 heteroatoms. The number of carbonyl (C=O) groups is 1. The molecule has 2 aliphatic rings. The topological polar surface area (TPSA) is 104 Å². The van der Waals surface area contributed by atoms with Crippen molar-refractivity contribution in [2.24, 2.45) is 0 Å². The maximum absolute atomic E-state index is 13.3. The molecule has 10 nitrogen and oxygen atoms in total. The van der Waals surface area contributed by atoms with Gasteiger partial charge in [-0.1, -0.05) is 0 Å². The first-order valence-corrected chi connectivity index (χ1v) is 12.3. The zero-order valence-electron chi connectivity index (χ0n) is 20.8. The summed E-state index contributed by atoms with van der Waals surface area (Å²) in [7, 11) is 0. The van der Waals surface area contributed by atoms with E-state index in [0.29, 0.717) is 11.2 Å². The standard InChI is InChI=1S/C26H30N8O2/c1-17-11-19(31-30-17)16-32-7-9-33(10-8-32)22-13-23-18(14-26(2,3)36-23)12-21(22)29-25(35)20-15-28-34-6-4-5-27-24(20)34/h4-6,11-13,15H,7-10,14,16H2,1-3H3,(H,29,35)(H,30,31). The molecule has 1 amide bonds. The molecule has 1 aromatic carbocycles. The Morgan fingerprint density at radius 2 is 2.03 bits per heavy atom. The van der Waals surface area contributed by atoms with Crippen LogP contribution in [-0.2, 0) is 13.0 Å². The van der Waals surface area contributed by atoms with Crippen molar-refractivity contribution in [2.45, 2.75) is 39.3 Å². The lowest BCUT2D eigenvalue weighted by Gasteiger charge is -2.36. The number of aromatic amines is 1. The molecular weight excluding hydrogens is 456 g/mol. The quantitative estimate of drug-likeness (QED) is 0.447. The van der Waals surface area contributed by atoms with Crippen molar-refractivity contribution in [3.8, 4) is 5.75 Å². The number of fused-ring (bicyclic) bond motifs is 2. The first kappa shape index (κ1) is 22.5. The maximum Gasteiger partial charge on any atom is 0.261 e. The highest BCUT2D eigenvalue weighted by atomic mass is 16.5. The van der Waals surface area contributed by atoms with Crippen molar-refractivity contribution < 1.29 is 9.53 Å². The van der Waals surface area contributed by atoms with Gasteiger partial charge < -0.3 is 15.0 Å². The summed E-state index contributed by atoms with van der Waals surface area (Å²) in [5.74, 6) is 0.663. The van der Waals surface area contributed by atoms with Gasteiger partial charge in [0.05, 0.1) is 23.3 Å². The maximum atomic E-state index is 13.3. The van der Waals surface area contributed by atoms with Gasteiger partial charge in [-0.05, 0) is 39.0 Å². The van der Waals surface area contributed by atoms with E-state index in [-0.39, 0.29) is 11.5 Å². The monoisotopic (exact) mass is 486 g/mol. The molecule has 0 atom stereocenters. The molecule has 0 radical (unpaired) electrons. The van der Waals surface area contributed by atoms with E-state index in [2.05, 4.69) is 67.4 Å². The van der Waals surface area contributed by atoms with Gasteiger partial charge in [-0.3, -0.25) is 14.8 Å². The Hall–Kier alpha value is -3.92. The molecule has 0 aliphatic carbocycles. The van der Waals surface area contributed by atoms with E-state index in [1.54, 1.807) is 29.2 Å². The van der Waals surface area contributed by atoms with Crippen molar-refractivity contribution in [2.75, 3.05) is 36.4 Å². The van der Waals surface area contributed by atoms with Crippen LogP contribution in [0.25, 0.3) is 5.65 Å². The average molecular weight is 487 g/mol. The van der Waals surface area contributed by atoms with Crippen LogP contribution < -0.4 is 15.0 Å². The normalized spacial score (nSPS) is 17.2. The van der Waals surface area contributed by atoms with Gasteiger partial charge in [-0.25, -0.2) is 9.50 Å². The SMILES string of the molecule is Cc1cc(CN2CCN(c3cc4c(cc3NC(=O)c3cnn5cccnc35)CC(C)(C)O4)CC2)n[nH]1. The largest absolute Gasteiger partial charge is 0.487 e. The average Bonchev–Trinajstić information content (AvgIpc) is 3.54. The number of ether oxygens (including phenoxy) is 1. The number of aromatic nitrogens is 5. The third kappa shape index (κ3) is 4.28. The zero-order valence-corrected chi connectivity index (χ0v) is 20.8. The number of nitrogens with zero attached hydrogens (tertiary/aromatic N) is 6. The summed E-state index contributed by atoms with van der Waals surface area (Å²) in [6, 6.07) is 8.03. The Morgan fingerprint density at radius 3 is 2.81 bits per heavy atom. The van der Waals surface area contributed by atoms with Crippen LogP contribution in [0, 0.1) is 6.92 Å². The molecule has 1 fully saturated rings. The zero-order chi connectivity index (χ0) is 24.9. The van der Waals surface area contributed by atoms with Gasteiger partial charge in [0.1, 0.15) is 16.9 Å². The lowest BCUT2D eigenvalue weighted by molar-refractivity contribution is 0.102. The summed E-state index contributed by atoms with van der Waals surface area (Å²) in [5.41, 5.74) is 5.70. The van der Waals surface area contributed by atoms with Crippen LogP contribution in [0.2, 0.25) is 0 Å². The van der Waals surface area contributed by atoms with Gasteiger partial charge in [-0.15, -0.1) is 0 Å². The summed E-state index contributed by atoms with van der Waals surface area (Å²) in [4.78, 5) is 22.4. The number of H-pyrrole nitrogens is 1. The van der Waals surface area contributed by atoms with Crippen molar-refractivity contribution in [1.82, 2.24) is 29.7 Å². The number of amides is 1. The molecule has 0 saturated carbocycles. The number of anilines is 2. The van der Waals surface area contributed by atoms with Crippen LogP contribution in [0.4, 0.5) is 11.4 Å². The molecule has 0 bridgehead atoms. The van der Waals surface area contributed by atoms with E-state index in [0.717, 1.165) is 73.2 Å². The minimum Gasteiger partial charge on any atom is -0.487 e. The van der Waals surface area contributed by atoms with Crippen LogP contribution in [0.1, 0.15) is 41.2 Å². The van der Waals surface area contributed by atoms with Crippen LogP contribution in [0.3, 0.4) is 0 Å². The Balaban J connectivity index is 1.26. The van der Waals surface area contributed by atoms with Crippen molar-refractivity contribution >= 4 is 22.9 Å². The van der Waals surface area contributed by atoms with Gasteiger partial charge in [-0.2, -0.15) is 10.2 Å². The fourth-order valence-corrected chi connectivity index (χ4v) is 5.11. The Kier molecular flexibility index (Phi) is 5.40. The summed E-state index contributed by atoms with van der Waals surface area (Å²) in [5, 5.41) is 14.8. The smallest absolute Gasteiger partial charge is 0.261 e. The van der Waals surface area contributed by atoms with E-state index in [1.807, 2.05) is 6.92 Å². The van der Waals surface area contributed by atoms with Crippen LogP contribution in [0.15, 0.2) is 42.9 Å². The summed E-state index contributed by atoms with van der Waals surface area (Å²) < 4.78 is 7.84. The molecule has 4 aromatic rings. The summed E-state index contributed by atoms with van der Waals surface area (Å²) in [6.07, 6.45) is 5.80. The second kappa shape index (κ2) is 8.63. The fraction of sp³-hybridized carbons (Fsp3) is 0.385. The molecule has 2 N–H and O–H groups in total. The second-order valence-electron chi connectivity index (χ2n) is 10.2. The van der Waals surface area contributed by atoms with Gasteiger partial charge in [0.15, 0.2) is 5.65 Å². The number of piperazine rings is 1. The van der Waals surface area contributed by atoms with Crippen LogP contribution >= 0.6 is 0 Å². The van der Waals surface area contributed by atoms with Crippen LogP contribution in [0.5, 0.6) is 5.75 Å². The van der Waals surface area contributed by atoms with E-state index >= 15 is 0 Å². The van der Waals surface area contributed by atoms with E-state index in [4.69, 9.17) is 4.74 Å². The molecular formula is C26H30N8O2. The van der Waals surface area contributed by atoms with Gasteiger partial charge in [0.25, 0.3) is 5.91 Å². The third-order valence-corrected chi connectivity index (χ3v) is 6.81. The Morgan fingerprint density at radius 1 is 1.19 bits per heavy atom. The number of nitrogens with one attached hydrogen (secondary N) is 2. The second-order valence-corrected chi connectivity index (χ2v) is 10.2. The van der Waals surface area contributed by atoms with Crippen molar-refractivity contribution in [1.29, 1.82) is 0 Å². The van der Waals surface area contributed by atoms with Crippen LogP contribution in [-0.4, -0.2) is 67.4 Å². The third-order valence-electron chi connectivity index (χ3n) is 6.81. The van der Waals surface area contributed by atoms with Gasteiger partial charge in [0, 0.05) is 68.9 Å². The first-order chi connectivity index (χ1) is 17.3. The van der Waals surface area contributed by atoms with Gasteiger partial charge >= 0.3 is 0 Å². The lowest BCUT2D eigenvalue weighted by Crippen LogP contribution is -2.46. The first-order valence-electron chi connectivity index (χ1n) is 12.3. The number of rotatable bonds is 5. The van der Waals surface area contributed by atoms with E-state index in [9.17, 15) is 4.79 Å². The fourth-order valence-electron chi connectivity index (χ4n) is 5.11. The summed E-state index contributed by atoms with van der Waals surface area (Å²) in [6.45, 7) is 10.5. The molecule has 0 unspecified atom stereocenters. The number of hydrogen-bond donors (Lipinski definition) is 2. The highest BCUT2D eigenvalue weighted by molar-refractivity contribution is 6.09. The molecule has 186 valence electrons. The van der Waals surface area contributed by atoms with Gasteiger partial charge in [0.2, 0.25) is 0 Å². The molecule has 0 spiro atoms. The minimum absolute atomic E-state index is 0.226. The molecule has 5 heterocycles. The minimum atomic E-state index is -0.269. The number of hydrogen-bond acceptors (Lipinski definition) is 7. The van der Waals surface area contributed by atoms with E-state index in [1.165, 1.54) is 0 Å². The predicted molar refractivity (Wildman–Crippen MR) is 137 cm³/mol. The molecule has 3 aromatic heterocycles. The highest BCUT2D eigenvalue weighted by Gasteiger charge is 2.32. The number of aryl methyl sites for hydroxylation is 1. The lowest BCUT2D eigenvalue weighted by atomic mass is 10.0. The van der Waals surface area contributed by atoms with Crippen molar-refractivity contribution in [3.05, 3.63) is 65.4 Å². The predicted octanol–water partition coefficient (Wildman–Crippen LogP) is 3.05. The molecule has 36 heavy (non-hydrogen) atoms. The Labute approximate surface area is 209 Å². The molecule has 1 saturated heterocycles. The Bertz CT molecular complexity index is 1430. The van der Waals surface area contributed by atoms with Crippen molar-refractivity contribution in [3.63, 3.8) is 0 Å². The van der Waals surface area contributed by atoms with E-state index < -0.39 is 0 Å². The molecule has 6 rings (SSSR count). The summed E-state index contributed by atoms with van der Waals surface area (Å²) >= 11 is 0. The molecule has 2 aliphatic heterocycles. The number of carbonyl (C=O) groups excluding carboxylic acids is 1. The highest BCUT2D eigenvalue weighted by Crippen LogP contribution is 2.42. The number of benzene rings is 1.